The summed E-state index contributed by atoms with van der Waals surface area (Å²) in [6.07, 6.45) is 0.410. The molecule has 0 aliphatic carbocycles. The van der Waals surface area contributed by atoms with E-state index in [4.69, 9.17) is 10.5 Å². The number of carbonyl (C=O) groups is 1. The van der Waals surface area contributed by atoms with Crippen molar-refractivity contribution < 1.29 is 9.53 Å². The minimum Gasteiger partial charge on any atom is -0.497 e. The number of benzene rings is 1. The van der Waals surface area contributed by atoms with Crippen LogP contribution in [0, 0.1) is 0 Å². The van der Waals surface area contributed by atoms with E-state index in [1.165, 1.54) is 0 Å². The van der Waals surface area contributed by atoms with E-state index in [0.717, 1.165) is 11.3 Å². The fraction of sp³-hybridized carbons (Fsp3) is 0.462. The molecule has 1 heterocycles. The van der Waals surface area contributed by atoms with Gasteiger partial charge in [0.15, 0.2) is 0 Å². The van der Waals surface area contributed by atoms with Crippen molar-refractivity contribution in [1.29, 1.82) is 0 Å². The number of methoxy groups -OCH3 is 1. The number of likely N-dealkylation sites (tertiary alicyclic amines) is 1. The van der Waals surface area contributed by atoms with Gasteiger partial charge in [0.05, 0.1) is 13.5 Å². The van der Waals surface area contributed by atoms with E-state index in [1.54, 1.807) is 12.0 Å². The zero-order chi connectivity index (χ0) is 12.5. The Morgan fingerprint density at radius 3 is 2.82 bits per heavy atom. The summed E-state index contributed by atoms with van der Waals surface area (Å²) in [5.74, 6) is 0.906. The van der Waals surface area contributed by atoms with E-state index in [1.807, 2.05) is 31.2 Å². The van der Waals surface area contributed by atoms with Crippen molar-refractivity contribution in [2.24, 2.45) is 5.73 Å². The van der Waals surface area contributed by atoms with Gasteiger partial charge in [-0.2, -0.15) is 0 Å². The Balaban J connectivity index is 1.94. The molecule has 1 aromatic rings. The van der Waals surface area contributed by atoms with Crippen molar-refractivity contribution in [2.75, 3.05) is 20.2 Å². The monoisotopic (exact) mass is 234 g/mol. The average molecular weight is 234 g/mol. The number of rotatable bonds is 3. The third-order valence-corrected chi connectivity index (χ3v) is 2.95. The number of carbonyl (C=O) groups excluding carboxylic acids is 1. The molecule has 0 atom stereocenters. The summed E-state index contributed by atoms with van der Waals surface area (Å²) in [5, 5.41) is 0. The van der Waals surface area contributed by atoms with Crippen LogP contribution in [0.1, 0.15) is 12.5 Å². The van der Waals surface area contributed by atoms with Crippen LogP contribution >= 0.6 is 0 Å². The molecule has 1 aromatic carbocycles. The normalized spacial score (nSPS) is 17.5. The molecule has 0 aromatic heterocycles. The number of hydrogen-bond acceptors (Lipinski definition) is 3. The highest BCUT2D eigenvalue weighted by molar-refractivity contribution is 5.80. The van der Waals surface area contributed by atoms with E-state index in [2.05, 4.69) is 0 Å². The fourth-order valence-electron chi connectivity index (χ4n) is 2.07. The summed E-state index contributed by atoms with van der Waals surface area (Å²) in [6.45, 7) is 3.26. The lowest BCUT2D eigenvalue weighted by molar-refractivity contribution is -0.137. The smallest absolute Gasteiger partial charge is 0.227 e. The molecule has 0 saturated carbocycles. The van der Waals surface area contributed by atoms with Crippen molar-refractivity contribution in [3.8, 4) is 5.75 Å². The lowest BCUT2D eigenvalue weighted by Crippen LogP contribution is -2.67. The number of amides is 1. The van der Waals surface area contributed by atoms with Crippen LogP contribution < -0.4 is 10.5 Å². The molecule has 0 radical (unpaired) electrons. The molecule has 4 heteroatoms. The third kappa shape index (κ3) is 2.77. The van der Waals surface area contributed by atoms with Crippen LogP contribution in [0.4, 0.5) is 0 Å². The van der Waals surface area contributed by atoms with Gasteiger partial charge in [0.2, 0.25) is 5.91 Å². The third-order valence-electron chi connectivity index (χ3n) is 2.95. The average Bonchev–Trinajstić information content (AvgIpc) is 2.26. The molecule has 1 saturated heterocycles. The van der Waals surface area contributed by atoms with Crippen molar-refractivity contribution in [3.63, 3.8) is 0 Å². The van der Waals surface area contributed by atoms with Crippen LogP contribution in [0.25, 0.3) is 0 Å². The molecular formula is C13H18N2O2. The van der Waals surface area contributed by atoms with Crippen LogP contribution in [0.5, 0.6) is 5.75 Å². The summed E-state index contributed by atoms with van der Waals surface area (Å²) in [7, 11) is 1.62. The Kier molecular flexibility index (Phi) is 3.07. The predicted molar refractivity (Wildman–Crippen MR) is 65.9 cm³/mol. The summed E-state index contributed by atoms with van der Waals surface area (Å²) in [5.41, 5.74) is 6.64. The highest BCUT2D eigenvalue weighted by atomic mass is 16.5. The largest absolute Gasteiger partial charge is 0.497 e. The standard InChI is InChI=1S/C13H18N2O2/c1-13(14)8-15(9-13)12(16)7-10-4-3-5-11(6-10)17-2/h3-6H,7-9,14H2,1-2H3. The van der Waals surface area contributed by atoms with Gasteiger partial charge in [-0.3, -0.25) is 4.79 Å². The summed E-state index contributed by atoms with van der Waals surface area (Å²) in [4.78, 5) is 13.7. The van der Waals surface area contributed by atoms with E-state index in [0.29, 0.717) is 19.5 Å². The van der Waals surface area contributed by atoms with Gasteiger partial charge in [0.25, 0.3) is 0 Å². The summed E-state index contributed by atoms with van der Waals surface area (Å²) < 4.78 is 5.13. The molecule has 1 aliphatic heterocycles. The minimum atomic E-state index is -0.204. The van der Waals surface area contributed by atoms with Crippen LogP contribution in [0.15, 0.2) is 24.3 Å². The first-order chi connectivity index (χ1) is 8.00. The summed E-state index contributed by atoms with van der Waals surface area (Å²) >= 11 is 0. The molecule has 2 N–H and O–H groups in total. The molecule has 92 valence electrons. The van der Waals surface area contributed by atoms with Gasteiger partial charge in [-0.05, 0) is 24.6 Å². The maximum Gasteiger partial charge on any atom is 0.227 e. The minimum absolute atomic E-state index is 0.126. The van der Waals surface area contributed by atoms with Gasteiger partial charge < -0.3 is 15.4 Å². The first kappa shape index (κ1) is 11.9. The van der Waals surface area contributed by atoms with Gasteiger partial charge in [-0.15, -0.1) is 0 Å². The van der Waals surface area contributed by atoms with E-state index in [-0.39, 0.29) is 11.4 Å². The number of ether oxygens (including phenoxy) is 1. The fourth-order valence-corrected chi connectivity index (χ4v) is 2.07. The molecule has 1 aliphatic rings. The first-order valence-electron chi connectivity index (χ1n) is 5.70. The van der Waals surface area contributed by atoms with E-state index >= 15 is 0 Å². The molecule has 0 spiro atoms. The van der Waals surface area contributed by atoms with Gasteiger partial charge in [-0.1, -0.05) is 12.1 Å². The lowest BCUT2D eigenvalue weighted by Gasteiger charge is -2.45. The van der Waals surface area contributed by atoms with Crippen molar-refractivity contribution in [2.45, 2.75) is 18.9 Å². The molecule has 0 bridgehead atoms. The second-order valence-electron chi connectivity index (χ2n) is 4.93. The first-order valence-corrected chi connectivity index (χ1v) is 5.70. The second kappa shape index (κ2) is 4.37. The highest BCUT2D eigenvalue weighted by Gasteiger charge is 2.37. The topological polar surface area (TPSA) is 55.6 Å². The van der Waals surface area contributed by atoms with Crippen molar-refractivity contribution >= 4 is 5.91 Å². The molecule has 17 heavy (non-hydrogen) atoms. The predicted octanol–water partition coefficient (Wildman–Crippen LogP) is 0.797. The molecular weight excluding hydrogens is 216 g/mol. The Morgan fingerprint density at radius 1 is 1.53 bits per heavy atom. The summed E-state index contributed by atoms with van der Waals surface area (Å²) in [6, 6.07) is 7.58. The second-order valence-corrected chi connectivity index (χ2v) is 4.93. The van der Waals surface area contributed by atoms with Gasteiger partial charge >= 0.3 is 0 Å². The van der Waals surface area contributed by atoms with Gasteiger partial charge in [-0.25, -0.2) is 0 Å². The zero-order valence-electron chi connectivity index (χ0n) is 10.3. The molecule has 4 nitrogen and oxygen atoms in total. The maximum absolute atomic E-state index is 11.9. The Morgan fingerprint density at radius 2 is 2.24 bits per heavy atom. The van der Waals surface area contributed by atoms with Gasteiger partial charge in [0, 0.05) is 18.6 Å². The Bertz CT molecular complexity index is 421. The lowest BCUT2D eigenvalue weighted by atomic mass is 9.93. The molecule has 0 unspecified atom stereocenters. The quantitative estimate of drug-likeness (QED) is 0.841. The van der Waals surface area contributed by atoms with Crippen LogP contribution in [-0.4, -0.2) is 36.5 Å². The van der Waals surface area contributed by atoms with Crippen molar-refractivity contribution in [1.82, 2.24) is 4.90 Å². The molecule has 1 amide bonds. The highest BCUT2D eigenvalue weighted by Crippen LogP contribution is 2.19. The van der Waals surface area contributed by atoms with Gasteiger partial charge in [0.1, 0.15) is 5.75 Å². The van der Waals surface area contributed by atoms with E-state index < -0.39 is 0 Å². The van der Waals surface area contributed by atoms with Crippen molar-refractivity contribution in [3.05, 3.63) is 29.8 Å². The van der Waals surface area contributed by atoms with E-state index in [9.17, 15) is 4.79 Å². The zero-order valence-corrected chi connectivity index (χ0v) is 10.3. The SMILES string of the molecule is COc1cccc(CC(=O)N2CC(C)(N)C2)c1. The maximum atomic E-state index is 11.9. The molecule has 2 rings (SSSR count). The number of hydrogen-bond donors (Lipinski definition) is 1. The number of nitrogens with zero attached hydrogens (tertiary/aromatic N) is 1. The van der Waals surface area contributed by atoms with Crippen LogP contribution in [0.3, 0.4) is 0 Å². The Hall–Kier alpha value is -1.55. The number of nitrogens with two attached hydrogens (primary N) is 1. The Labute approximate surface area is 101 Å². The van der Waals surface area contributed by atoms with Crippen LogP contribution in [-0.2, 0) is 11.2 Å². The van der Waals surface area contributed by atoms with Crippen LogP contribution in [0.2, 0.25) is 0 Å². The molecule has 1 fully saturated rings.